The first-order chi connectivity index (χ1) is 9.35. The van der Waals surface area contributed by atoms with Crippen molar-refractivity contribution in [1.82, 2.24) is 10.2 Å². The minimum atomic E-state index is 0.676. The predicted octanol–water partition coefficient (Wildman–Crippen LogP) is 2.66. The van der Waals surface area contributed by atoms with Crippen molar-refractivity contribution in [2.75, 3.05) is 26.2 Å². The van der Waals surface area contributed by atoms with Crippen molar-refractivity contribution in [3.63, 3.8) is 0 Å². The van der Waals surface area contributed by atoms with Crippen LogP contribution >= 0.6 is 0 Å². The number of nitrogens with one attached hydrogen (secondary N) is 1. The molecule has 0 amide bonds. The van der Waals surface area contributed by atoms with E-state index < -0.39 is 0 Å². The molecule has 1 atom stereocenters. The first-order valence-electron chi connectivity index (χ1n) is 7.50. The van der Waals surface area contributed by atoms with Gasteiger partial charge in [-0.25, -0.2) is 0 Å². The van der Waals surface area contributed by atoms with Gasteiger partial charge < -0.3 is 10.1 Å². The molecule has 0 saturated carbocycles. The maximum absolute atomic E-state index is 5.74. The van der Waals surface area contributed by atoms with E-state index in [1.54, 1.807) is 0 Å². The van der Waals surface area contributed by atoms with Crippen molar-refractivity contribution in [2.24, 2.45) is 0 Å². The van der Waals surface area contributed by atoms with Crippen LogP contribution < -0.4 is 10.1 Å². The lowest BCUT2D eigenvalue weighted by molar-refractivity contribution is 0.196. The van der Waals surface area contributed by atoms with Crippen molar-refractivity contribution in [3.8, 4) is 5.75 Å². The molecule has 0 spiro atoms. The smallest absolute Gasteiger partial charge is 0.123 e. The quantitative estimate of drug-likeness (QED) is 0.817. The Bertz CT molecular complexity index is 375. The molecule has 0 radical (unpaired) electrons. The van der Waals surface area contributed by atoms with Gasteiger partial charge in [-0.05, 0) is 38.9 Å². The Labute approximate surface area is 116 Å². The van der Waals surface area contributed by atoms with Crippen LogP contribution in [0.3, 0.4) is 0 Å². The highest BCUT2D eigenvalue weighted by Crippen LogP contribution is 2.22. The molecule has 1 N–H and O–H groups in total. The summed E-state index contributed by atoms with van der Waals surface area (Å²) in [5.74, 6) is 1.04. The molecular formula is C16H26N2O. The number of hydrogen-bond acceptors (Lipinski definition) is 3. The summed E-state index contributed by atoms with van der Waals surface area (Å²) in [6.45, 7) is 9.46. The third kappa shape index (κ3) is 3.95. The number of para-hydroxylation sites is 1. The second kappa shape index (κ2) is 7.51. The van der Waals surface area contributed by atoms with Gasteiger partial charge in [0.25, 0.3) is 0 Å². The normalized spacial score (nSPS) is 19.0. The van der Waals surface area contributed by atoms with E-state index in [2.05, 4.69) is 41.4 Å². The third-order valence-corrected chi connectivity index (χ3v) is 3.71. The van der Waals surface area contributed by atoms with Gasteiger partial charge in [-0.2, -0.15) is 0 Å². The van der Waals surface area contributed by atoms with E-state index in [9.17, 15) is 0 Å². The van der Waals surface area contributed by atoms with Crippen LogP contribution in [0.5, 0.6) is 5.75 Å². The molecular weight excluding hydrogens is 236 g/mol. The topological polar surface area (TPSA) is 24.5 Å². The van der Waals surface area contributed by atoms with Crippen LogP contribution in [0.25, 0.3) is 0 Å². The van der Waals surface area contributed by atoms with Crippen LogP contribution in [0, 0.1) is 0 Å². The zero-order valence-corrected chi connectivity index (χ0v) is 12.2. The van der Waals surface area contributed by atoms with Gasteiger partial charge in [-0.3, -0.25) is 4.90 Å². The van der Waals surface area contributed by atoms with Crippen LogP contribution in [-0.2, 0) is 6.54 Å². The highest BCUT2D eigenvalue weighted by atomic mass is 16.5. The first kappa shape index (κ1) is 14.4. The molecule has 3 heteroatoms. The molecule has 0 aromatic heterocycles. The molecule has 3 nitrogen and oxygen atoms in total. The zero-order valence-electron chi connectivity index (χ0n) is 12.2. The Morgan fingerprint density at radius 3 is 2.84 bits per heavy atom. The van der Waals surface area contributed by atoms with Gasteiger partial charge in [0.05, 0.1) is 6.61 Å². The Hall–Kier alpha value is -1.06. The fourth-order valence-electron chi connectivity index (χ4n) is 2.78. The summed E-state index contributed by atoms with van der Waals surface area (Å²) in [5, 5.41) is 3.46. The number of benzene rings is 1. The van der Waals surface area contributed by atoms with Crippen molar-refractivity contribution >= 4 is 0 Å². The summed E-state index contributed by atoms with van der Waals surface area (Å²) in [6, 6.07) is 9.10. The summed E-state index contributed by atoms with van der Waals surface area (Å²) in [6.07, 6.45) is 2.46. The van der Waals surface area contributed by atoms with E-state index in [4.69, 9.17) is 4.74 Å². The average Bonchev–Trinajstić information content (AvgIpc) is 2.94. The lowest BCUT2D eigenvalue weighted by atomic mass is 10.1. The SMILES string of the molecule is CCCN(Cc1ccccc1OCC)C1CCNC1. The molecule has 1 fully saturated rings. The van der Waals surface area contributed by atoms with Crippen LogP contribution in [0.15, 0.2) is 24.3 Å². The Morgan fingerprint density at radius 1 is 1.32 bits per heavy atom. The molecule has 106 valence electrons. The van der Waals surface area contributed by atoms with E-state index >= 15 is 0 Å². The monoisotopic (exact) mass is 262 g/mol. The Kier molecular flexibility index (Phi) is 5.67. The first-order valence-corrected chi connectivity index (χ1v) is 7.50. The fraction of sp³-hybridized carbons (Fsp3) is 0.625. The molecule has 0 aliphatic carbocycles. The highest BCUT2D eigenvalue weighted by molar-refractivity contribution is 5.33. The molecule has 1 aromatic rings. The molecule has 1 aromatic carbocycles. The van der Waals surface area contributed by atoms with Crippen molar-refractivity contribution in [2.45, 2.75) is 39.3 Å². The Morgan fingerprint density at radius 2 is 2.16 bits per heavy atom. The largest absolute Gasteiger partial charge is 0.494 e. The average molecular weight is 262 g/mol. The minimum Gasteiger partial charge on any atom is -0.494 e. The van der Waals surface area contributed by atoms with Gasteiger partial charge in [0.1, 0.15) is 5.75 Å². The van der Waals surface area contributed by atoms with Crippen molar-refractivity contribution in [1.29, 1.82) is 0 Å². The molecule has 1 aliphatic rings. The molecule has 19 heavy (non-hydrogen) atoms. The van der Waals surface area contributed by atoms with Gasteiger partial charge in [-0.1, -0.05) is 25.1 Å². The number of rotatable bonds is 7. The minimum absolute atomic E-state index is 0.676. The predicted molar refractivity (Wildman–Crippen MR) is 79.6 cm³/mol. The molecule has 1 unspecified atom stereocenters. The standard InChI is InChI=1S/C16H26N2O/c1-3-11-18(15-9-10-17-12-15)13-14-7-5-6-8-16(14)19-4-2/h5-8,15,17H,3-4,9-13H2,1-2H3. The summed E-state index contributed by atoms with van der Waals surface area (Å²) in [7, 11) is 0. The summed E-state index contributed by atoms with van der Waals surface area (Å²) in [4.78, 5) is 2.60. The van der Waals surface area contributed by atoms with Gasteiger partial charge in [0.2, 0.25) is 0 Å². The van der Waals surface area contributed by atoms with Gasteiger partial charge in [-0.15, -0.1) is 0 Å². The second-order valence-corrected chi connectivity index (χ2v) is 5.16. The lowest BCUT2D eigenvalue weighted by Crippen LogP contribution is -2.37. The van der Waals surface area contributed by atoms with E-state index in [0.29, 0.717) is 6.04 Å². The van der Waals surface area contributed by atoms with E-state index in [1.165, 1.54) is 18.4 Å². The molecule has 1 saturated heterocycles. The fourth-order valence-corrected chi connectivity index (χ4v) is 2.78. The molecule has 0 bridgehead atoms. The van der Waals surface area contributed by atoms with Crippen LogP contribution in [0.4, 0.5) is 0 Å². The maximum Gasteiger partial charge on any atom is 0.123 e. The maximum atomic E-state index is 5.74. The van der Waals surface area contributed by atoms with Gasteiger partial charge in [0.15, 0.2) is 0 Å². The molecule has 1 heterocycles. The van der Waals surface area contributed by atoms with E-state index in [1.807, 2.05) is 6.92 Å². The number of nitrogens with zero attached hydrogens (tertiary/aromatic N) is 1. The molecule has 2 rings (SSSR count). The lowest BCUT2D eigenvalue weighted by Gasteiger charge is -2.28. The van der Waals surface area contributed by atoms with E-state index in [0.717, 1.165) is 38.5 Å². The second-order valence-electron chi connectivity index (χ2n) is 5.16. The Balaban J connectivity index is 2.07. The van der Waals surface area contributed by atoms with Crippen LogP contribution in [0.2, 0.25) is 0 Å². The van der Waals surface area contributed by atoms with Crippen LogP contribution in [0.1, 0.15) is 32.3 Å². The van der Waals surface area contributed by atoms with Crippen LogP contribution in [-0.4, -0.2) is 37.2 Å². The number of ether oxygens (including phenoxy) is 1. The summed E-state index contributed by atoms with van der Waals surface area (Å²) in [5.41, 5.74) is 1.31. The summed E-state index contributed by atoms with van der Waals surface area (Å²) < 4.78 is 5.74. The zero-order chi connectivity index (χ0) is 13.5. The van der Waals surface area contributed by atoms with Gasteiger partial charge >= 0.3 is 0 Å². The number of hydrogen-bond donors (Lipinski definition) is 1. The summed E-state index contributed by atoms with van der Waals surface area (Å²) >= 11 is 0. The third-order valence-electron chi connectivity index (χ3n) is 3.71. The van der Waals surface area contributed by atoms with E-state index in [-0.39, 0.29) is 0 Å². The highest BCUT2D eigenvalue weighted by Gasteiger charge is 2.22. The van der Waals surface area contributed by atoms with Crippen molar-refractivity contribution < 1.29 is 4.74 Å². The molecule has 1 aliphatic heterocycles. The van der Waals surface area contributed by atoms with Crippen molar-refractivity contribution in [3.05, 3.63) is 29.8 Å². The van der Waals surface area contributed by atoms with Gasteiger partial charge in [0, 0.05) is 24.7 Å².